The Hall–Kier alpha value is -1.21. The summed E-state index contributed by atoms with van der Waals surface area (Å²) in [4.78, 5) is 10.9. The van der Waals surface area contributed by atoms with Crippen molar-refractivity contribution in [3.05, 3.63) is 56.3 Å². The van der Waals surface area contributed by atoms with Crippen LogP contribution >= 0.6 is 46.4 Å². The molecule has 0 saturated carbocycles. The molecule has 0 aliphatic rings. The summed E-state index contributed by atoms with van der Waals surface area (Å²) in [7, 11) is 0. The molecular formula is C16H8Cl4F4O2. The first-order chi connectivity index (χ1) is 12.0. The number of halogens is 8. The molecule has 10 heteroatoms. The number of hydrogen-bond acceptors (Lipinski definition) is 2. The first-order valence-corrected chi connectivity index (χ1v) is 8.41. The van der Waals surface area contributed by atoms with E-state index < -0.39 is 38.6 Å². The van der Waals surface area contributed by atoms with Gasteiger partial charge in [0.25, 0.3) is 0 Å². The van der Waals surface area contributed by atoms with Crippen LogP contribution in [0.25, 0.3) is 0 Å². The molecule has 0 atom stereocenters. The Labute approximate surface area is 165 Å². The Kier molecular flexibility index (Phi) is 6.66. The molecule has 2 aromatic rings. The third-order valence-corrected chi connectivity index (χ3v) is 4.43. The molecule has 0 N–H and O–H groups in total. The maximum atomic E-state index is 13.9. The molecule has 26 heavy (non-hydrogen) atoms. The number of hydrogen-bond donors (Lipinski definition) is 0. The minimum atomic E-state index is -4.96. The summed E-state index contributed by atoms with van der Waals surface area (Å²) in [6, 6.07) is 4.63. The van der Waals surface area contributed by atoms with Gasteiger partial charge in [0.2, 0.25) is 5.24 Å². The van der Waals surface area contributed by atoms with Crippen LogP contribution in [-0.4, -0.2) is 5.24 Å². The van der Waals surface area contributed by atoms with Gasteiger partial charge in [-0.1, -0.05) is 34.8 Å². The van der Waals surface area contributed by atoms with E-state index in [2.05, 4.69) is 0 Å². The number of alkyl halides is 3. The standard InChI is InChI=1S/C16H8Cl4F4O2/c17-10-3-2-8(5-7(10)1-4-12(19)25)26-15-11(18)6-9(16(22,23)24)14(21)13(15)20/h2-3,5-6H,1,4H2. The first-order valence-electron chi connectivity index (χ1n) is 6.90. The largest absolute Gasteiger partial charge is 0.454 e. The predicted octanol–water partition coefficient (Wildman–Crippen LogP) is 7.30. The SMILES string of the molecule is O=C(Cl)CCc1cc(Oc2c(Cl)cc(C(F)(F)F)c(F)c2Cl)ccc1Cl. The van der Waals surface area contributed by atoms with Gasteiger partial charge in [-0.2, -0.15) is 13.2 Å². The summed E-state index contributed by atoms with van der Waals surface area (Å²) in [5.41, 5.74) is -1.10. The van der Waals surface area contributed by atoms with Crippen LogP contribution in [0.4, 0.5) is 17.6 Å². The molecule has 140 valence electrons. The Morgan fingerprint density at radius 3 is 2.31 bits per heavy atom. The van der Waals surface area contributed by atoms with E-state index in [1.165, 1.54) is 18.2 Å². The fraction of sp³-hybridized carbons (Fsp3) is 0.188. The maximum absolute atomic E-state index is 13.9. The maximum Gasteiger partial charge on any atom is 0.419 e. The third kappa shape index (κ3) is 4.94. The van der Waals surface area contributed by atoms with Crippen molar-refractivity contribution in [3.63, 3.8) is 0 Å². The highest BCUT2D eigenvalue weighted by Crippen LogP contribution is 2.44. The number of benzene rings is 2. The molecule has 0 fully saturated rings. The van der Waals surface area contributed by atoms with Crippen molar-refractivity contribution in [2.45, 2.75) is 19.0 Å². The number of aryl methyl sites for hydroxylation is 1. The van der Waals surface area contributed by atoms with Crippen molar-refractivity contribution in [1.82, 2.24) is 0 Å². The van der Waals surface area contributed by atoms with E-state index in [1.807, 2.05) is 0 Å². The van der Waals surface area contributed by atoms with E-state index in [0.29, 0.717) is 16.7 Å². The van der Waals surface area contributed by atoms with E-state index >= 15 is 0 Å². The Bertz CT molecular complexity index is 853. The van der Waals surface area contributed by atoms with Crippen LogP contribution in [0.5, 0.6) is 11.5 Å². The second-order valence-electron chi connectivity index (χ2n) is 5.07. The number of carbonyl (C=O) groups is 1. The van der Waals surface area contributed by atoms with E-state index in [-0.39, 0.29) is 18.6 Å². The summed E-state index contributed by atoms with van der Waals surface area (Å²) < 4.78 is 57.6. The van der Waals surface area contributed by atoms with E-state index in [4.69, 9.17) is 51.1 Å². The third-order valence-electron chi connectivity index (χ3n) is 3.25. The molecule has 0 unspecified atom stereocenters. The molecule has 0 aromatic heterocycles. The normalized spacial score (nSPS) is 11.5. The molecule has 2 rings (SSSR count). The Balaban J connectivity index is 2.38. The van der Waals surface area contributed by atoms with Crippen LogP contribution in [0.15, 0.2) is 24.3 Å². The highest BCUT2D eigenvalue weighted by Gasteiger charge is 2.37. The molecule has 2 nitrogen and oxygen atoms in total. The zero-order valence-corrected chi connectivity index (χ0v) is 15.6. The van der Waals surface area contributed by atoms with Gasteiger partial charge in [0, 0.05) is 11.4 Å². The lowest BCUT2D eigenvalue weighted by Gasteiger charge is -2.15. The molecule has 0 aliphatic carbocycles. The van der Waals surface area contributed by atoms with Crippen molar-refractivity contribution >= 4 is 51.6 Å². The summed E-state index contributed by atoms with van der Waals surface area (Å²) in [5.74, 6) is -2.07. The van der Waals surface area contributed by atoms with Gasteiger partial charge in [-0.3, -0.25) is 4.79 Å². The molecule has 0 aliphatic heterocycles. The van der Waals surface area contributed by atoms with Crippen molar-refractivity contribution in [2.24, 2.45) is 0 Å². The highest BCUT2D eigenvalue weighted by atomic mass is 35.5. The van der Waals surface area contributed by atoms with Crippen LogP contribution in [0.3, 0.4) is 0 Å². The van der Waals surface area contributed by atoms with E-state index in [9.17, 15) is 22.4 Å². The average molecular weight is 450 g/mol. The summed E-state index contributed by atoms with van der Waals surface area (Å²) in [5, 5.41) is -1.66. The molecule has 2 aromatic carbocycles. The average Bonchev–Trinajstić information content (AvgIpc) is 2.53. The van der Waals surface area contributed by atoms with Gasteiger partial charge >= 0.3 is 6.18 Å². The molecule has 0 bridgehead atoms. The summed E-state index contributed by atoms with van der Waals surface area (Å²) >= 11 is 22.7. The van der Waals surface area contributed by atoms with Crippen LogP contribution < -0.4 is 4.74 Å². The monoisotopic (exact) mass is 448 g/mol. The van der Waals surface area contributed by atoms with Gasteiger partial charge in [-0.15, -0.1) is 0 Å². The molecule has 0 radical (unpaired) electrons. The molecule has 0 amide bonds. The molecule has 0 heterocycles. The quantitative estimate of drug-likeness (QED) is 0.272. The number of carbonyl (C=O) groups excluding carboxylic acids is 1. The molecule has 0 spiro atoms. The second kappa shape index (κ2) is 8.21. The van der Waals surface area contributed by atoms with Gasteiger partial charge in [0.15, 0.2) is 11.6 Å². The highest BCUT2D eigenvalue weighted by molar-refractivity contribution is 6.63. The number of rotatable bonds is 5. The number of ether oxygens (including phenoxy) is 1. The van der Waals surface area contributed by atoms with Crippen molar-refractivity contribution in [3.8, 4) is 11.5 Å². The lowest BCUT2D eigenvalue weighted by Crippen LogP contribution is -2.09. The topological polar surface area (TPSA) is 26.3 Å². The van der Waals surface area contributed by atoms with Crippen LogP contribution in [0, 0.1) is 5.82 Å². The molecular weight excluding hydrogens is 442 g/mol. The van der Waals surface area contributed by atoms with Crippen LogP contribution in [0.2, 0.25) is 15.1 Å². The predicted molar refractivity (Wildman–Crippen MR) is 92.1 cm³/mol. The second-order valence-corrected chi connectivity index (χ2v) is 6.69. The van der Waals surface area contributed by atoms with E-state index in [1.54, 1.807) is 0 Å². The van der Waals surface area contributed by atoms with Gasteiger partial charge in [-0.25, -0.2) is 4.39 Å². The van der Waals surface area contributed by atoms with E-state index in [0.717, 1.165) is 0 Å². The van der Waals surface area contributed by atoms with Gasteiger partial charge in [-0.05, 0) is 47.9 Å². The zero-order valence-electron chi connectivity index (χ0n) is 12.6. The van der Waals surface area contributed by atoms with Crippen LogP contribution in [-0.2, 0) is 17.4 Å². The van der Waals surface area contributed by atoms with Crippen LogP contribution in [0.1, 0.15) is 17.5 Å². The van der Waals surface area contributed by atoms with Crippen molar-refractivity contribution in [1.29, 1.82) is 0 Å². The minimum absolute atomic E-state index is 0.0150. The minimum Gasteiger partial charge on any atom is -0.454 e. The lowest BCUT2D eigenvalue weighted by molar-refractivity contribution is -0.140. The fourth-order valence-corrected chi connectivity index (χ4v) is 2.87. The molecule has 0 saturated heterocycles. The first kappa shape index (κ1) is 21.1. The Morgan fingerprint density at radius 1 is 1.08 bits per heavy atom. The smallest absolute Gasteiger partial charge is 0.419 e. The van der Waals surface area contributed by atoms with Crippen molar-refractivity contribution < 1.29 is 27.1 Å². The summed E-state index contributed by atoms with van der Waals surface area (Å²) in [6.07, 6.45) is -4.74. The van der Waals surface area contributed by atoms with Gasteiger partial charge in [0.1, 0.15) is 10.8 Å². The Morgan fingerprint density at radius 2 is 1.73 bits per heavy atom. The van der Waals surface area contributed by atoms with Gasteiger partial charge in [0.05, 0.1) is 10.6 Å². The fourth-order valence-electron chi connectivity index (χ4n) is 2.04. The summed E-state index contributed by atoms with van der Waals surface area (Å²) in [6.45, 7) is 0. The zero-order chi connectivity index (χ0) is 19.6. The van der Waals surface area contributed by atoms with Gasteiger partial charge < -0.3 is 4.74 Å². The van der Waals surface area contributed by atoms with Crippen molar-refractivity contribution in [2.75, 3.05) is 0 Å². The lowest BCUT2D eigenvalue weighted by atomic mass is 10.1.